The second-order valence-electron chi connectivity index (χ2n) is 22.4. The monoisotopic (exact) mass is 1210 g/mol. The number of nitrogens with one attached hydrogen (secondary N) is 3. The van der Waals surface area contributed by atoms with Crippen molar-refractivity contribution in [2.75, 3.05) is 39.5 Å². The normalized spacial score (nSPS) is 25.4. The van der Waals surface area contributed by atoms with E-state index in [0.717, 1.165) is 31.2 Å². The maximum Gasteiger partial charge on any atom is 0.338 e. The number of hydrogen-bond acceptors (Lipinski definition) is 20. The van der Waals surface area contributed by atoms with Crippen LogP contribution < -0.4 is 20.7 Å². The average Bonchev–Trinajstić information content (AvgIpc) is 1.64. The number of benzene rings is 2. The molecule has 466 valence electrons. The Morgan fingerprint density at radius 2 is 1.72 bits per heavy atom. The lowest BCUT2D eigenvalue weighted by Gasteiger charge is -2.44. The second-order valence-corrected chi connectivity index (χ2v) is 22.4. The summed E-state index contributed by atoms with van der Waals surface area (Å²) in [7, 11) is 0. The van der Waals surface area contributed by atoms with Gasteiger partial charge in [-0.3, -0.25) is 33.6 Å². The fraction of sp³-hybridized carbons (Fsp3) is 0.541. The summed E-state index contributed by atoms with van der Waals surface area (Å²) in [6.07, 6.45) is -4.20. The Labute approximate surface area is 498 Å². The van der Waals surface area contributed by atoms with Gasteiger partial charge in [-0.1, -0.05) is 31.4 Å². The van der Waals surface area contributed by atoms with Crippen LogP contribution in [0.15, 0.2) is 30.3 Å². The van der Waals surface area contributed by atoms with Gasteiger partial charge in [0.2, 0.25) is 29.9 Å². The van der Waals surface area contributed by atoms with Crippen molar-refractivity contribution in [2.24, 2.45) is 11.8 Å². The van der Waals surface area contributed by atoms with Gasteiger partial charge in [-0.15, -0.1) is 5.92 Å². The van der Waals surface area contributed by atoms with Gasteiger partial charge in [-0.2, -0.15) is 0 Å². The Morgan fingerprint density at radius 1 is 0.920 bits per heavy atom. The predicted molar refractivity (Wildman–Crippen MR) is 298 cm³/mol. The number of rotatable bonds is 25. The van der Waals surface area contributed by atoms with Crippen molar-refractivity contribution in [3.63, 3.8) is 0 Å². The molecule has 0 bridgehead atoms. The first-order valence-corrected chi connectivity index (χ1v) is 29.2. The van der Waals surface area contributed by atoms with Gasteiger partial charge in [0.05, 0.1) is 60.5 Å². The third-order valence-electron chi connectivity index (χ3n) is 16.6. The highest BCUT2D eigenvalue weighted by Gasteiger charge is 2.57. The zero-order valence-corrected chi connectivity index (χ0v) is 48.1. The van der Waals surface area contributed by atoms with Crippen molar-refractivity contribution < 1.29 is 101 Å². The Balaban J connectivity index is 0.731. The van der Waals surface area contributed by atoms with Gasteiger partial charge in [0.15, 0.2) is 23.3 Å². The number of nitrogens with zero attached hydrogens (tertiary/aromatic N) is 2. The molecular formula is C61H70FN5O20. The number of ether oxygens (including phenoxy) is 6. The van der Waals surface area contributed by atoms with Crippen LogP contribution in [0.3, 0.4) is 0 Å². The minimum atomic E-state index is -2.00. The molecule has 2 aliphatic carbocycles. The van der Waals surface area contributed by atoms with E-state index < -0.39 is 133 Å². The quantitative estimate of drug-likeness (QED) is 0.0259. The number of carbonyl (C=O) groups is 9. The minimum Gasteiger partial charge on any atom is -0.479 e. The number of fused-ring (bicyclic) bond motifs is 5. The number of aromatic nitrogens is 1. The van der Waals surface area contributed by atoms with E-state index in [1.807, 2.05) is 0 Å². The fourth-order valence-corrected chi connectivity index (χ4v) is 11.7. The first-order chi connectivity index (χ1) is 41.7. The summed E-state index contributed by atoms with van der Waals surface area (Å²) in [5.74, 6) is -2.55. The summed E-state index contributed by atoms with van der Waals surface area (Å²) in [4.78, 5) is 123. The number of hydrogen-bond donors (Lipinski definition) is 8. The van der Waals surface area contributed by atoms with Gasteiger partial charge in [0.25, 0.3) is 0 Å². The fourth-order valence-electron chi connectivity index (χ4n) is 11.7. The van der Waals surface area contributed by atoms with E-state index in [0.29, 0.717) is 58.2 Å². The molecule has 10 atom stereocenters. The largest absolute Gasteiger partial charge is 0.479 e. The second kappa shape index (κ2) is 27.9. The SMILES string of the molecule is CC[C@@]1(O)C(=O)OCC2C(=O)N3Cc4c(nc5cc(F)c(C)c6c5c4[C@@H](NC(=O)COCCC(=O)CNC(=O)CCC(=O)OCc4ccc(O[C@@H]5O[C@H](C(=O)O)[C@@H](O)[C@H](O)[C@H]5O)c(C(=O)CCCNC(=O)COC5C#CCCCCC5)c4)CC6)C3=CC21. The molecule has 3 unspecified atom stereocenters. The van der Waals surface area contributed by atoms with Gasteiger partial charge < -0.3 is 74.8 Å². The smallest absolute Gasteiger partial charge is 0.338 e. The van der Waals surface area contributed by atoms with E-state index in [1.165, 1.54) is 29.2 Å². The van der Waals surface area contributed by atoms with Crippen LogP contribution >= 0.6 is 0 Å². The molecule has 2 saturated heterocycles. The Hall–Kier alpha value is -7.77. The number of halogens is 1. The molecular weight excluding hydrogens is 1140 g/mol. The Bertz CT molecular complexity index is 3320. The molecule has 0 saturated carbocycles. The zero-order chi connectivity index (χ0) is 62.3. The molecule has 3 aromatic rings. The lowest BCUT2D eigenvalue weighted by molar-refractivity contribution is -0.271. The molecule has 8 N–H and O–H groups in total. The van der Waals surface area contributed by atoms with Crippen LogP contribution in [-0.4, -0.2) is 170 Å². The van der Waals surface area contributed by atoms with Gasteiger partial charge in [-0.25, -0.2) is 19.0 Å². The van der Waals surface area contributed by atoms with Gasteiger partial charge in [-0.05, 0) is 86.3 Å². The third kappa shape index (κ3) is 14.3. The maximum absolute atomic E-state index is 15.4. The number of esters is 2. The molecule has 1 aromatic heterocycles. The topological polar surface area (TPSA) is 362 Å². The van der Waals surface area contributed by atoms with Crippen LogP contribution in [0.2, 0.25) is 0 Å². The van der Waals surface area contributed by atoms with E-state index >= 15 is 4.39 Å². The molecule has 26 heteroatoms. The zero-order valence-electron chi connectivity index (χ0n) is 48.1. The number of Topliss-reactive ketones (excluding diaryl/α,β-unsaturated/α-hetero) is 2. The minimum absolute atomic E-state index is 0.000203. The highest BCUT2D eigenvalue weighted by molar-refractivity contribution is 6.00. The van der Waals surface area contributed by atoms with Crippen molar-refractivity contribution in [1.82, 2.24) is 25.8 Å². The molecule has 2 aromatic carbocycles. The summed E-state index contributed by atoms with van der Waals surface area (Å²) in [6, 6.07) is 4.68. The number of carboxylic acids is 1. The van der Waals surface area contributed by atoms with Crippen LogP contribution in [0, 0.1) is 36.4 Å². The standard InChI is InChI=1S/C61H70FN5O20/c1-3-61(81)39-23-43-52-37(26-67(43)57(77)38(39)28-85-60(61)80)51-41(15-14-35-31(2)40(62)24-42(66-52)50(35)51)65-48(72)29-82-21-19-33(68)25-64-46(70)17-18-49(73)84-27-32-13-16-45(86-59-55(76)53(74)54(75)56(87-59)58(78)79)36(22-32)44(69)12-9-20-63-47(71)30-83-34-10-7-5-4-6-8-11-34/h13,16,22-24,34,38-39,41,53-56,59,74-76,81H,3-7,9-10,12,14-15,17-21,25-30H2,1-2H3,(H,63,71)(H,64,70)(H,65,72)(H,78,79)/t34?,38?,39?,41-,53-,54-,55+,56-,59+,61-/m0/s1. The third-order valence-corrected chi connectivity index (χ3v) is 16.6. The molecule has 4 amide bonds. The number of carboxylic acid groups (broad SMARTS) is 1. The first-order valence-electron chi connectivity index (χ1n) is 29.2. The van der Waals surface area contributed by atoms with E-state index in [9.17, 15) is 68.7 Å². The van der Waals surface area contributed by atoms with Gasteiger partial charge in [0.1, 0.15) is 62.4 Å². The van der Waals surface area contributed by atoms with Crippen LogP contribution in [0.5, 0.6) is 5.75 Å². The number of aliphatic hydroxyl groups is 4. The van der Waals surface area contributed by atoms with Gasteiger partial charge in [0, 0.05) is 55.2 Å². The Morgan fingerprint density at radius 3 is 2.51 bits per heavy atom. The van der Waals surface area contributed by atoms with E-state index in [4.69, 9.17) is 33.4 Å². The maximum atomic E-state index is 15.4. The van der Waals surface area contributed by atoms with E-state index in [1.54, 1.807) is 19.9 Å². The van der Waals surface area contributed by atoms with E-state index in [-0.39, 0.29) is 93.9 Å². The van der Waals surface area contributed by atoms with Crippen LogP contribution in [0.25, 0.3) is 16.6 Å². The number of aryl methyl sites for hydroxylation is 1. The number of amides is 4. The summed E-state index contributed by atoms with van der Waals surface area (Å²) in [5.41, 5.74) is 1.75. The molecule has 2 fully saturated rings. The number of cyclic esters (lactones) is 1. The number of carbonyl (C=O) groups excluding carboxylic acids is 8. The first kappa shape index (κ1) is 63.7. The van der Waals surface area contributed by atoms with Gasteiger partial charge >= 0.3 is 17.9 Å². The summed E-state index contributed by atoms with van der Waals surface area (Å²) >= 11 is 0. The Kier molecular flexibility index (Phi) is 20.5. The highest BCUT2D eigenvalue weighted by atomic mass is 19.1. The highest BCUT2D eigenvalue weighted by Crippen LogP contribution is 2.50. The number of aliphatic hydroxyl groups excluding tert-OH is 3. The molecule has 5 heterocycles. The van der Waals surface area contributed by atoms with Crippen LogP contribution in [0.1, 0.15) is 134 Å². The van der Waals surface area contributed by atoms with E-state index in [2.05, 4.69) is 27.8 Å². The average molecular weight is 1210 g/mol. The van der Waals surface area contributed by atoms with Crippen molar-refractivity contribution in [3.05, 3.63) is 75.2 Å². The summed E-state index contributed by atoms with van der Waals surface area (Å²) < 4.78 is 48.2. The molecule has 9 rings (SSSR count). The molecule has 4 aliphatic heterocycles. The summed E-state index contributed by atoms with van der Waals surface area (Å²) in [5, 5.41) is 60.9. The van der Waals surface area contributed by atoms with Crippen molar-refractivity contribution in [3.8, 4) is 17.6 Å². The summed E-state index contributed by atoms with van der Waals surface area (Å²) in [6.45, 7) is 1.60. The molecule has 6 aliphatic rings. The molecule has 87 heavy (non-hydrogen) atoms. The number of aliphatic carboxylic acids is 1. The number of pyridine rings is 1. The molecule has 0 spiro atoms. The van der Waals surface area contributed by atoms with Crippen molar-refractivity contribution >= 4 is 69.7 Å². The van der Waals surface area contributed by atoms with Crippen LogP contribution in [-0.2, 0) is 81.6 Å². The van der Waals surface area contributed by atoms with Crippen molar-refractivity contribution in [1.29, 1.82) is 0 Å². The lowest BCUT2D eigenvalue weighted by atomic mass is 9.72. The van der Waals surface area contributed by atoms with Crippen molar-refractivity contribution in [2.45, 2.75) is 159 Å². The predicted octanol–water partition coefficient (Wildman–Crippen LogP) is 1.73. The molecule has 0 radical (unpaired) electrons. The van der Waals surface area contributed by atoms with Crippen LogP contribution in [0.4, 0.5) is 4.39 Å². The molecule has 25 nitrogen and oxygen atoms in total. The lowest BCUT2D eigenvalue weighted by Crippen LogP contribution is -2.61. The number of ketones is 2.